The molecule has 3 aromatic carbocycles. The molecule has 1 unspecified atom stereocenters. The minimum Gasteiger partial charge on any atom is -0.481 e. The Kier molecular flexibility index (Phi) is 10.2. The van der Waals surface area contributed by atoms with Gasteiger partial charge in [-0.2, -0.15) is 0 Å². The third kappa shape index (κ3) is 8.48. The Morgan fingerprint density at radius 1 is 0.884 bits per heavy atom. The third-order valence-electron chi connectivity index (χ3n) is 7.22. The number of carbonyl (C=O) groups excluding carboxylic acids is 3. The van der Waals surface area contributed by atoms with Gasteiger partial charge in [-0.15, -0.1) is 0 Å². The second-order valence-corrected chi connectivity index (χ2v) is 10.5. The number of carboxylic acids is 1. The van der Waals surface area contributed by atoms with Crippen LogP contribution in [0.15, 0.2) is 66.7 Å². The number of anilines is 3. The molecule has 0 bridgehead atoms. The Morgan fingerprint density at radius 2 is 1.65 bits per heavy atom. The molecule has 1 aliphatic rings. The number of hydrogen-bond donors (Lipinski definition) is 4. The van der Waals surface area contributed by atoms with Crippen molar-refractivity contribution in [3.8, 4) is 0 Å². The molecule has 4 rings (SSSR count). The predicted molar refractivity (Wildman–Crippen MR) is 165 cm³/mol. The molecule has 11 heteroatoms. The van der Waals surface area contributed by atoms with Gasteiger partial charge < -0.3 is 35.6 Å². The summed E-state index contributed by atoms with van der Waals surface area (Å²) in [7, 11) is 1.35. The van der Waals surface area contributed by atoms with Crippen molar-refractivity contribution in [3.05, 3.63) is 89.0 Å². The highest BCUT2D eigenvalue weighted by atomic mass is 16.5. The van der Waals surface area contributed by atoms with E-state index in [1.165, 1.54) is 7.11 Å². The lowest BCUT2D eigenvalue weighted by molar-refractivity contribution is -0.137. The number of methoxy groups -OCH3 is 1. The average molecular weight is 588 g/mol. The summed E-state index contributed by atoms with van der Waals surface area (Å²) < 4.78 is 4.88. The summed E-state index contributed by atoms with van der Waals surface area (Å²) in [5.74, 6) is -1.52. The lowest BCUT2D eigenvalue weighted by atomic mass is 10.0. The third-order valence-corrected chi connectivity index (χ3v) is 7.22. The van der Waals surface area contributed by atoms with Crippen molar-refractivity contribution in [3.63, 3.8) is 0 Å². The number of nitrogens with one attached hydrogen (secondary N) is 3. The smallest absolute Gasteiger partial charge is 0.409 e. The molecule has 226 valence electrons. The minimum atomic E-state index is -1.04. The SMILES string of the molecule is COC(=O)N1CCCN(c2ccc(C(=O)NC(CC(=O)O)c3ccc(C)cc3)cc2NC(=O)Nc2cccc(C)c2)CC1. The minimum absolute atomic E-state index is 0.253. The molecule has 1 atom stereocenters. The molecule has 0 aromatic heterocycles. The van der Waals surface area contributed by atoms with Crippen molar-refractivity contribution in [1.82, 2.24) is 10.2 Å². The molecule has 4 amide bonds. The standard InChI is InChI=1S/C32H37N5O6/c1-21-8-10-23(11-9-21)26(20-29(38)39)34-30(40)24-12-13-28(36-14-5-15-37(17-16-36)32(42)43-3)27(19-24)35-31(41)33-25-7-4-6-22(2)18-25/h4,6-13,18-19,26H,5,14-17,20H2,1-3H3,(H,34,40)(H,38,39)(H2,33,35,41). The van der Waals surface area contributed by atoms with Gasteiger partial charge in [0.1, 0.15) is 0 Å². The molecular formula is C32H37N5O6. The van der Waals surface area contributed by atoms with Crippen molar-refractivity contribution in [2.45, 2.75) is 32.7 Å². The molecular weight excluding hydrogens is 550 g/mol. The van der Waals surface area contributed by atoms with Crippen molar-refractivity contribution in [1.29, 1.82) is 0 Å². The van der Waals surface area contributed by atoms with Gasteiger partial charge in [0.15, 0.2) is 0 Å². The zero-order valence-electron chi connectivity index (χ0n) is 24.6. The molecule has 1 fully saturated rings. The first kappa shape index (κ1) is 30.9. The van der Waals surface area contributed by atoms with Crippen molar-refractivity contribution >= 4 is 41.1 Å². The lowest BCUT2D eigenvalue weighted by Crippen LogP contribution is -2.35. The summed E-state index contributed by atoms with van der Waals surface area (Å²) in [6.07, 6.45) is -0.00429. The monoisotopic (exact) mass is 587 g/mol. The summed E-state index contributed by atoms with van der Waals surface area (Å²) in [6, 6.07) is 18.4. The zero-order valence-corrected chi connectivity index (χ0v) is 24.6. The van der Waals surface area contributed by atoms with Gasteiger partial charge in [0.05, 0.1) is 30.9 Å². The van der Waals surface area contributed by atoms with Gasteiger partial charge in [-0.05, 0) is 61.7 Å². The zero-order chi connectivity index (χ0) is 30.9. The number of aliphatic carboxylic acids is 1. The van der Waals surface area contributed by atoms with Crippen molar-refractivity contribution in [2.75, 3.05) is 48.8 Å². The Balaban J connectivity index is 1.61. The van der Waals surface area contributed by atoms with Crippen molar-refractivity contribution < 1.29 is 29.0 Å². The van der Waals surface area contributed by atoms with E-state index in [1.807, 2.05) is 49.1 Å². The van der Waals surface area contributed by atoms with Gasteiger partial charge >= 0.3 is 18.1 Å². The molecule has 3 aromatic rings. The molecule has 4 N–H and O–H groups in total. The topological polar surface area (TPSA) is 140 Å². The summed E-state index contributed by atoms with van der Waals surface area (Å²) in [5.41, 5.74) is 4.63. The van der Waals surface area contributed by atoms with Crippen LogP contribution in [0.1, 0.15) is 45.9 Å². The molecule has 43 heavy (non-hydrogen) atoms. The van der Waals surface area contributed by atoms with Gasteiger partial charge in [-0.25, -0.2) is 9.59 Å². The Bertz CT molecular complexity index is 1480. The van der Waals surface area contributed by atoms with Crippen LogP contribution in [0.4, 0.5) is 26.7 Å². The fourth-order valence-electron chi connectivity index (χ4n) is 5.00. The molecule has 0 aliphatic carbocycles. The van der Waals surface area contributed by atoms with E-state index in [0.717, 1.165) is 11.1 Å². The van der Waals surface area contributed by atoms with E-state index >= 15 is 0 Å². The number of hydrogen-bond acceptors (Lipinski definition) is 6. The van der Waals surface area contributed by atoms with Crippen molar-refractivity contribution in [2.24, 2.45) is 0 Å². The maximum Gasteiger partial charge on any atom is 0.409 e. The van der Waals surface area contributed by atoms with Crippen LogP contribution < -0.4 is 20.9 Å². The average Bonchev–Trinajstić information content (AvgIpc) is 3.23. The van der Waals surface area contributed by atoms with Crippen LogP contribution in [0.5, 0.6) is 0 Å². The number of amides is 4. The Labute approximate surface area is 250 Å². The molecule has 1 heterocycles. The van der Waals surface area contributed by atoms with E-state index in [4.69, 9.17) is 4.74 Å². The predicted octanol–water partition coefficient (Wildman–Crippen LogP) is 5.17. The van der Waals surface area contributed by atoms with Crippen LogP contribution in [0.3, 0.4) is 0 Å². The normalized spacial score (nSPS) is 13.8. The van der Waals surface area contributed by atoms with Crippen LogP contribution >= 0.6 is 0 Å². The number of aryl methyl sites for hydroxylation is 2. The van der Waals surface area contributed by atoms with Crippen LogP contribution in [0, 0.1) is 13.8 Å². The summed E-state index contributed by atoms with van der Waals surface area (Å²) in [4.78, 5) is 53.9. The Morgan fingerprint density at radius 3 is 2.35 bits per heavy atom. The highest BCUT2D eigenvalue weighted by molar-refractivity contribution is 6.04. The lowest BCUT2D eigenvalue weighted by Gasteiger charge is -2.26. The number of rotatable bonds is 8. The first-order valence-corrected chi connectivity index (χ1v) is 14.1. The fraction of sp³-hybridized carbons (Fsp3) is 0.312. The van der Waals surface area contributed by atoms with Crippen LogP contribution in [-0.4, -0.2) is 67.3 Å². The van der Waals surface area contributed by atoms with Gasteiger partial charge in [0, 0.05) is 37.4 Å². The van der Waals surface area contributed by atoms with Gasteiger partial charge in [-0.1, -0.05) is 42.0 Å². The van der Waals surface area contributed by atoms with E-state index in [9.17, 15) is 24.3 Å². The molecule has 0 saturated carbocycles. The number of benzene rings is 3. The highest BCUT2D eigenvalue weighted by Gasteiger charge is 2.24. The second kappa shape index (κ2) is 14.2. The fourth-order valence-corrected chi connectivity index (χ4v) is 5.00. The maximum absolute atomic E-state index is 13.4. The molecule has 0 spiro atoms. The first-order chi connectivity index (χ1) is 20.6. The van der Waals surface area contributed by atoms with E-state index in [2.05, 4.69) is 16.0 Å². The number of carboxylic acid groups (broad SMARTS) is 1. The van der Waals surface area contributed by atoms with E-state index in [0.29, 0.717) is 55.2 Å². The largest absolute Gasteiger partial charge is 0.481 e. The van der Waals surface area contributed by atoms with E-state index in [1.54, 1.807) is 41.3 Å². The van der Waals surface area contributed by atoms with Crippen LogP contribution in [-0.2, 0) is 9.53 Å². The van der Waals surface area contributed by atoms with Gasteiger partial charge in [-0.3, -0.25) is 9.59 Å². The number of nitrogens with zero attached hydrogens (tertiary/aromatic N) is 2. The molecule has 0 radical (unpaired) electrons. The van der Waals surface area contributed by atoms with Crippen LogP contribution in [0.25, 0.3) is 0 Å². The van der Waals surface area contributed by atoms with E-state index in [-0.39, 0.29) is 12.0 Å². The molecule has 11 nitrogen and oxygen atoms in total. The number of urea groups is 1. The summed E-state index contributed by atoms with van der Waals surface area (Å²) in [6.45, 7) is 5.91. The Hall–Kier alpha value is -5.06. The first-order valence-electron chi connectivity index (χ1n) is 14.1. The molecule has 1 aliphatic heterocycles. The van der Waals surface area contributed by atoms with Gasteiger partial charge in [0.25, 0.3) is 5.91 Å². The number of carbonyl (C=O) groups is 4. The second-order valence-electron chi connectivity index (χ2n) is 10.5. The van der Waals surface area contributed by atoms with Gasteiger partial charge in [0.2, 0.25) is 0 Å². The van der Waals surface area contributed by atoms with Crippen LogP contribution in [0.2, 0.25) is 0 Å². The highest BCUT2D eigenvalue weighted by Crippen LogP contribution is 2.30. The van der Waals surface area contributed by atoms with E-state index < -0.39 is 30.0 Å². The summed E-state index contributed by atoms with van der Waals surface area (Å²) in [5, 5.41) is 18.1. The quantitative estimate of drug-likeness (QED) is 0.285. The summed E-state index contributed by atoms with van der Waals surface area (Å²) >= 11 is 0. The number of ether oxygens (including phenoxy) is 1. The molecule has 1 saturated heterocycles. The maximum atomic E-state index is 13.4.